The van der Waals surface area contributed by atoms with Gasteiger partial charge in [0.05, 0.1) is 0 Å². The highest BCUT2D eigenvalue weighted by atomic mass is 15.1. The maximum atomic E-state index is 2.47. The second-order valence-electron chi connectivity index (χ2n) is 12.5. The number of nitrogens with zero attached hydrogens (tertiary/aromatic N) is 2. The van der Waals surface area contributed by atoms with E-state index < -0.39 is 0 Å². The maximum Gasteiger partial charge on any atom is 0.0454 e. The van der Waals surface area contributed by atoms with Gasteiger partial charge in [0.1, 0.15) is 0 Å². The van der Waals surface area contributed by atoms with E-state index in [-0.39, 0.29) is 10.8 Å². The van der Waals surface area contributed by atoms with E-state index in [0.717, 1.165) is 0 Å². The lowest BCUT2D eigenvalue weighted by Gasteiger charge is -2.45. The lowest BCUT2D eigenvalue weighted by Crippen LogP contribution is -2.35. The predicted molar refractivity (Wildman–Crippen MR) is 171 cm³/mol. The largest absolute Gasteiger partial charge is 0.344 e. The first-order valence-corrected chi connectivity index (χ1v) is 14.2. The summed E-state index contributed by atoms with van der Waals surface area (Å²) in [7, 11) is 4.45. The van der Waals surface area contributed by atoms with Gasteiger partial charge < -0.3 is 9.80 Å². The van der Waals surface area contributed by atoms with E-state index in [1.54, 1.807) is 0 Å². The van der Waals surface area contributed by atoms with Gasteiger partial charge in [-0.25, -0.2) is 0 Å². The summed E-state index contributed by atoms with van der Waals surface area (Å²) in [6.07, 6.45) is 0. The molecule has 5 aromatic carbocycles. The third-order valence-corrected chi connectivity index (χ3v) is 9.46. The van der Waals surface area contributed by atoms with Gasteiger partial charge in [0.2, 0.25) is 0 Å². The van der Waals surface area contributed by atoms with Crippen molar-refractivity contribution in [1.29, 1.82) is 0 Å². The van der Waals surface area contributed by atoms with Crippen molar-refractivity contribution in [1.82, 2.24) is 0 Å². The first kappa shape index (κ1) is 24.7. The monoisotopic (exact) mass is 520 g/mol. The summed E-state index contributed by atoms with van der Waals surface area (Å²) in [4.78, 5) is 4.80. The Hall–Kier alpha value is -4.30. The number of anilines is 4. The number of hydrogen-bond donors (Lipinski definition) is 0. The first-order valence-electron chi connectivity index (χ1n) is 14.2. The standard InChI is InChI=1S/C38H36N2/c1-37(2)29-21-27(25-13-9-7-10-14-25)17-19-33(29)39(5)35-24-32-36(23-31(35)37)40(6)34-20-18-28(22-30(34)38(32,3)4)26-15-11-8-12-16-26/h7-24H,1-6H3. The van der Waals surface area contributed by atoms with Crippen LogP contribution < -0.4 is 9.80 Å². The molecule has 2 heterocycles. The van der Waals surface area contributed by atoms with Gasteiger partial charge >= 0.3 is 0 Å². The van der Waals surface area contributed by atoms with E-state index in [9.17, 15) is 0 Å². The van der Waals surface area contributed by atoms with E-state index in [1.807, 2.05) is 0 Å². The molecule has 0 bridgehead atoms. The van der Waals surface area contributed by atoms with Crippen LogP contribution in [0.1, 0.15) is 49.9 Å². The van der Waals surface area contributed by atoms with Crippen molar-refractivity contribution in [2.75, 3.05) is 23.9 Å². The van der Waals surface area contributed by atoms with Crippen LogP contribution in [-0.4, -0.2) is 14.1 Å². The maximum absolute atomic E-state index is 2.47. The average Bonchev–Trinajstić information content (AvgIpc) is 2.99. The Labute approximate surface area is 238 Å². The van der Waals surface area contributed by atoms with Gasteiger partial charge in [-0.2, -0.15) is 0 Å². The molecule has 0 aliphatic carbocycles. The number of hydrogen-bond acceptors (Lipinski definition) is 2. The summed E-state index contributed by atoms with van der Waals surface area (Å²) in [5, 5.41) is 0. The van der Waals surface area contributed by atoms with Crippen molar-refractivity contribution in [2.45, 2.75) is 38.5 Å². The molecular formula is C38H36N2. The Bertz CT molecular complexity index is 1630. The van der Waals surface area contributed by atoms with E-state index in [0.29, 0.717) is 0 Å². The minimum absolute atomic E-state index is 0.139. The molecule has 40 heavy (non-hydrogen) atoms. The fourth-order valence-electron chi connectivity index (χ4n) is 6.96. The highest BCUT2D eigenvalue weighted by Gasteiger charge is 2.41. The predicted octanol–water partition coefficient (Wildman–Crippen LogP) is 9.83. The van der Waals surface area contributed by atoms with Crippen molar-refractivity contribution in [3.63, 3.8) is 0 Å². The fraction of sp³-hybridized carbons (Fsp3) is 0.211. The summed E-state index contributed by atoms with van der Waals surface area (Å²) in [6, 6.07) is 40.3. The zero-order chi connectivity index (χ0) is 27.8. The van der Waals surface area contributed by atoms with Crippen LogP contribution in [0, 0.1) is 0 Å². The number of benzene rings is 5. The lowest BCUT2D eigenvalue weighted by atomic mass is 9.68. The molecule has 2 aliphatic rings. The topological polar surface area (TPSA) is 6.48 Å². The molecule has 2 aliphatic heterocycles. The molecule has 0 radical (unpaired) electrons. The van der Waals surface area contributed by atoms with Gasteiger partial charge in [0.25, 0.3) is 0 Å². The Morgan fingerprint density at radius 2 is 0.725 bits per heavy atom. The third-order valence-electron chi connectivity index (χ3n) is 9.46. The van der Waals surface area contributed by atoms with Crippen LogP contribution in [0.25, 0.3) is 22.3 Å². The first-order chi connectivity index (χ1) is 19.2. The average molecular weight is 521 g/mol. The number of fused-ring (bicyclic) bond motifs is 4. The van der Waals surface area contributed by atoms with Crippen LogP contribution in [0.2, 0.25) is 0 Å². The highest BCUT2D eigenvalue weighted by molar-refractivity contribution is 5.87. The van der Waals surface area contributed by atoms with E-state index in [1.165, 1.54) is 67.3 Å². The quantitative estimate of drug-likeness (QED) is 0.228. The molecule has 198 valence electrons. The summed E-state index contributed by atoms with van der Waals surface area (Å²) < 4.78 is 0. The van der Waals surface area contributed by atoms with Crippen molar-refractivity contribution in [2.24, 2.45) is 0 Å². The molecule has 0 aromatic heterocycles. The van der Waals surface area contributed by atoms with Crippen molar-refractivity contribution in [3.8, 4) is 22.3 Å². The molecule has 5 aromatic rings. The van der Waals surface area contributed by atoms with E-state index in [4.69, 9.17) is 0 Å². The van der Waals surface area contributed by atoms with Crippen LogP contribution in [0.15, 0.2) is 109 Å². The molecule has 7 rings (SSSR count). The molecule has 0 unspecified atom stereocenters. The van der Waals surface area contributed by atoms with Crippen LogP contribution >= 0.6 is 0 Å². The van der Waals surface area contributed by atoms with E-state index >= 15 is 0 Å². The molecule has 0 saturated carbocycles. The van der Waals surface area contributed by atoms with Crippen LogP contribution in [-0.2, 0) is 10.8 Å². The minimum Gasteiger partial charge on any atom is -0.344 e. The molecule has 0 saturated heterocycles. The Balaban J connectivity index is 1.38. The van der Waals surface area contributed by atoms with Crippen LogP contribution in [0.4, 0.5) is 22.7 Å². The molecule has 2 heteroatoms. The van der Waals surface area contributed by atoms with Gasteiger partial charge in [-0.05, 0) is 80.9 Å². The van der Waals surface area contributed by atoms with Crippen molar-refractivity contribution < 1.29 is 0 Å². The lowest BCUT2D eigenvalue weighted by molar-refractivity contribution is 0.612. The summed E-state index contributed by atoms with van der Waals surface area (Å²) in [5.41, 5.74) is 15.4. The van der Waals surface area contributed by atoms with Crippen molar-refractivity contribution >= 4 is 22.7 Å². The van der Waals surface area contributed by atoms with E-state index in [2.05, 4.69) is 161 Å². The van der Waals surface area contributed by atoms with Gasteiger partial charge in [-0.1, -0.05) is 100 Å². The van der Waals surface area contributed by atoms with Gasteiger partial charge in [-0.15, -0.1) is 0 Å². The molecular weight excluding hydrogens is 484 g/mol. The smallest absolute Gasteiger partial charge is 0.0454 e. The Morgan fingerprint density at radius 3 is 1.10 bits per heavy atom. The zero-order valence-electron chi connectivity index (χ0n) is 24.3. The van der Waals surface area contributed by atoms with Crippen molar-refractivity contribution in [3.05, 3.63) is 131 Å². The normalized spacial score (nSPS) is 16.1. The fourth-order valence-corrected chi connectivity index (χ4v) is 6.96. The van der Waals surface area contributed by atoms with Gasteiger partial charge in [0, 0.05) is 47.7 Å². The molecule has 2 nitrogen and oxygen atoms in total. The number of rotatable bonds is 2. The second-order valence-corrected chi connectivity index (χ2v) is 12.5. The summed E-state index contributed by atoms with van der Waals surface area (Å²) in [5.74, 6) is 0. The molecule has 0 fully saturated rings. The van der Waals surface area contributed by atoms with Crippen LogP contribution in [0.3, 0.4) is 0 Å². The Morgan fingerprint density at radius 1 is 0.375 bits per heavy atom. The SMILES string of the molecule is CN1c2ccc(-c3ccccc3)cc2C(C)(C)c2cc3c(cc21)C(C)(C)c1cc(-c2ccccc2)ccc1N3C. The molecule has 0 amide bonds. The van der Waals surface area contributed by atoms with Gasteiger partial charge in [-0.3, -0.25) is 0 Å². The zero-order valence-corrected chi connectivity index (χ0v) is 24.3. The minimum atomic E-state index is -0.139. The van der Waals surface area contributed by atoms with Gasteiger partial charge in [0.15, 0.2) is 0 Å². The summed E-state index contributed by atoms with van der Waals surface area (Å²) in [6.45, 7) is 9.53. The highest BCUT2D eigenvalue weighted by Crippen LogP contribution is 2.56. The summed E-state index contributed by atoms with van der Waals surface area (Å²) >= 11 is 0. The molecule has 0 spiro atoms. The second kappa shape index (κ2) is 8.60. The Kier molecular flexibility index (Phi) is 5.31. The third kappa shape index (κ3) is 3.48. The molecule has 0 atom stereocenters. The molecule has 0 N–H and O–H groups in total. The van der Waals surface area contributed by atoms with Crippen LogP contribution in [0.5, 0.6) is 0 Å².